The molecule has 1 rings (SSSR count). The van der Waals surface area contributed by atoms with Crippen LogP contribution in [0.5, 0.6) is 0 Å². The molecule has 0 aliphatic rings. The number of hydrogen-bond donors (Lipinski definition) is 2. The van der Waals surface area contributed by atoms with Gasteiger partial charge in [0, 0.05) is 6.54 Å². The maximum absolute atomic E-state index is 11.5. The average Bonchev–Trinajstić information content (AvgIpc) is 2.24. The van der Waals surface area contributed by atoms with Crippen molar-refractivity contribution in [3.05, 3.63) is 28.5 Å². The highest BCUT2D eigenvalue weighted by molar-refractivity contribution is 9.10. The van der Waals surface area contributed by atoms with E-state index in [-0.39, 0.29) is 5.91 Å². The van der Waals surface area contributed by atoms with Gasteiger partial charge in [0.1, 0.15) is 10.3 Å². The summed E-state index contributed by atoms with van der Waals surface area (Å²) < 4.78 is 0.664. The van der Waals surface area contributed by atoms with E-state index < -0.39 is 0 Å². The Morgan fingerprint density at radius 3 is 2.93 bits per heavy atom. The van der Waals surface area contributed by atoms with Crippen LogP contribution in [0.2, 0.25) is 0 Å². The number of nitrogens with one attached hydrogen (secondary N) is 1. The van der Waals surface area contributed by atoms with Crippen molar-refractivity contribution >= 4 is 21.8 Å². The van der Waals surface area contributed by atoms with Crippen molar-refractivity contribution in [2.45, 2.75) is 12.8 Å². The van der Waals surface area contributed by atoms with Crippen molar-refractivity contribution in [3.8, 4) is 0 Å². The number of rotatable bonds is 5. The molecular weight excluding hydrogens is 258 g/mol. The van der Waals surface area contributed by atoms with Gasteiger partial charge in [0.15, 0.2) is 0 Å². The van der Waals surface area contributed by atoms with Gasteiger partial charge < -0.3 is 11.1 Å². The number of halogens is 1. The first-order chi connectivity index (χ1) is 7.24. The molecule has 0 saturated carbocycles. The number of carbonyl (C=O) groups excluding carboxylic acids is 1. The lowest BCUT2D eigenvalue weighted by atomic mass is 10.3. The molecule has 1 aromatic rings. The van der Waals surface area contributed by atoms with Gasteiger partial charge in [0.05, 0.1) is 0 Å². The van der Waals surface area contributed by atoms with E-state index in [1.54, 1.807) is 18.2 Å². The SMILES string of the molecule is NCCCCNC(=O)c1cccc(Br)n1. The van der Waals surface area contributed by atoms with Crippen LogP contribution in [0.15, 0.2) is 22.8 Å². The minimum Gasteiger partial charge on any atom is -0.351 e. The summed E-state index contributed by atoms with van der Waals surface area (Å²) >= 11 is 3.22. The van der Waals surface area contributed by atoms with Gasteiger partial charge in [-0.15, -0.1) is 0 Å². The van der Waals surface area contributed by atoms with Crippen molar-refractivity contribution in [1.29, 1.82) is 0 Å². The van der Waals surface area contributed by atoms with Gasteiger partial charge >= 0.3 is 0 Å². The molecule has 4 nitrogen and oxygen atoms in total. The van der Waals surface area contributed by atoms with Gasteiger partial charge in [0.25, 0.3) is 5.91 Å². The van der Waals surface area contributed by atoms with Crippen molar-refractivity contribution < 1.29 is 4.79 Å². The molecule has 0 aliphatic carbocycles. The fourth-order valence-electron chi connectivity index (χ4n) is 1.10. The largest absolute Gasteiger partial charge is 0.351 e. The molecule has 0 radical (unpaired) electrons. The van der Waals surface area contributed by atoms with E-state index >= 15 is 0 Å². The molecule has 82 valence electrons. The van der Waals surface area contributed by atoms with E-state index in [1.165, 1.54) is 0 Å². The number of nitrogens with two attached hydrogens (primary N) is 1. The summed E-state index contributed by atoms with van der Waals surface area (Å²) in [6.45, 7) is 1.30. The van der Waals surface area contributed by atoms with E-state index in [1.807, 2.05) is 0 Å². The van der Waals surface area contributed by atoms with Crippen molar-refractivity contribution in [3.63, 3.8) is 0 Å². The Labute approximate surface area is 97.4 Å². The molecule has 0 aromatic carbocycles. The molecule has 0 saturated heterocycles. The van der Waals surface area contributed by atoms with Gasteiger partial charge in [0.2, 0.25) is 0 Å². The number of nitrogens with zero attached hydrogens (tertiary/aromatic N) is 1. The molecular formula is C10H14BrN3O. The molecule has 1 amide bonds. The lowest BCUT2D eigenvalue weighted by Gasteiger charge is -2.03. The van der Waals surface area contributed by atoms with Gasteiger partial charge in [-0.1, -0.05) is 6.07 Å². The zero-order valence-corrected chi connectivity index (χ0v) is 9.96. The summed E-state index contributed by atoms with van der Waals surface area (Å²) in [6, 6.07) is 5.25. The van der Waals surface area contributed by atoms with Crippen LogP contribution in [0.3, 0.4) is 0 Å². The lowest BCUT2D eigenvalue weighted by Crippen LogP contribution is -2.25. The fourth-order valence-corrected chi connectivity index (χ4v) is 1.44. The predicted octanol–water partition coefficient (Wildman–Crippen LogP) is 1.31. The quantitative estimate of drug-likeness (QED) is 0.627. The van der Waals surface area contributed by atoms with Crippen LogP contribution < -0.4 is 11.1 Å². The van der Waals surface area contributed by atoms with Crippen molar-refractivity contribution in [1.82, 2.24) is 10.3 Å². The highest BCUT2D eigenvalue weighted by Crippen LogP contribution is 2.05. The first-order valence-electron chi connectivity index (χ1n) is 4.85. The van der Waals surface area contributed by atoms with Crippen LogP contribution in [0.1, 0.15) is 23.3 Å². The standard InChI is InChI=1S/C10H14BrN3O/c11-9-5-3-4-8(14-9)10(15)13-7-2-1-6-12/h3-5H,1-2,6-7,12H2,(H,13,15). The smallest absolute Gasteiger partial charge is 0.269 e. The molecule has 0 atom stereocenters. The van der Waals surface area contributed by atoms with Gasteiger partial charge in [-0.3, -0.25) is 4.79 Å². The monoisotopic (exact) mass is 271 g/mol. The third-order valence-electron chi connectivity index (χ3n) is 1.86. The van der Waals surface area contributed by atoms with Crippen molar-refractivity contribution in [2.24, 2.45) is 5.73 Å². The lowest BCUT2D eigenvalue weighted by molar-refractivity contribution is 0.0948. The predicted molar refractivity (Wildman–Crippen MR) is 62.6 cm³/mol. The first kappa shape index (κ1) is 12.1. The van der Waals surface area contributed by atoms with E-state index in [0.717, 1.165) is 12.8 Å². The molecule has 0 spiro atoms. The average molecular weight is 272 g/mol. The van der Waals surface area contributed by atoms with Crippen LogP contribution in [0, 0.1) is 0 Å². The van der Waals surface area contributed by atoms with Gasteiger partial charge in [-0.25, -0.2) is 4.98 Å². The Hall–Kier alpha value is -0.940. The summed E-state index contributed by atoms with van der Waals surface area (Å²) in [7, 11) is 0. The Morgan fingerprint density at radius 2 is 2.27 bits per heavy atom. The second kappa shape index (κ2) is 6.53. The highest BCUT2D eigenvalue weighted by atomic mass is 79.9. The summed E-state index contributed by atoms with van der Waals surface area (Å²) in [5, 5.41) is 2.78. The Morgan fingerprint density at radius 1 is 1.47 bits per heavy atom. The van der Waals surface area contributed by atoms with Crippen molar-refractivity contribution in [2.75, 3.05) is 13.1 Å². The Bertz CT molecular complexity index is 330. The van der Waals surface area contributed by atoms with Crippen LogP contribution in [0.25, 0.3) is 0 Å². The highest BCUT2D eigenvalue weighted by Gasteiger charge is 2.05. The minimum atomic E-state index is -0.145. The second-order valence-corrected chi connectivity index (χ2v) is 3.91. The molecule has 0 aliphatic heterocycles. The number of amides is 1. The molecule has 0 bridgehead atoms. The molecule has 15 heavy (non-hydrogen) atoms. The molecule has 1 heterocycles. The Kier molecular flexibility index (Phi) is 5.28. The third kappa shape index (κ3) is 4.40. The fraction of sp³-hybridized carbons (Fsp3) is 0.400. The van der Waals surface area contributed by atoms with E-state index in [9.17, 15) is 4.79 Å². The summed E-state index contributed by atoms with van der Waals surface area (Å²) in [5.74, 6) is -0.145. The zero-order chi connectivity index (χ0) is 11.1. The maximum atomic E-state index is 11.5. The molecule has 5 heteroatoms. The van der Waals surface area contributed by atoms with E-state index in [0.29, 0.717) is 23.4 Å². The number of carbonyl (C=O) groups is 1. The summed E-state index contributed by atoms with van der Waals surface area (Å²) in [4.78, 5) is 15.6. The van der Waals surface area contributed by atoms with E-state index in [4.69, 9.17) is 5.73 Å². The van der Waals surface area contributed by atoms with Gasteiger partial charge in [-0.2, -0.15) is 0 Å². The summed E-state index contributed by atoms with van der Waals surface area (Å²) in [5.41, 5.74) is 5.77. The van der Waals surface area contributed by atoms with Crippen LogP contribution in [-0.2, 0) is 0 Å². The number of unbranched alkanes of at least 4 members (excludes halogenated alkanes) is 1. The number of aromatic nitrogens is 1. The third-order valence-corrected chi connectivity index (χ3v) is 2.31. The van der Waals surface area contributed by atoms with E-state index in [2.05, 4.69) is 26.2 Å². The topological polar surface area (TPSA) is 68.0 Å². The molecule has 3 N–H and O–H groups in total. The van der Waals surface area contributed by atoms with Crippen LogP contribution in [0.4, 0.5) is 0 Å². The molecule has 1 aromatic heterocycles. The zero-order valence-electron chi connectivity index (χ0n) is 8.37. The normalized spacial score (nSPS) is 10.0. The Balaban J connectivity index is 2.40. The second-order valence-electron chi connectivity index (χ2n) is 3.10. The molecule has 0 fully saturated rings. The molecule has 0 unspecified atom stereocenters. The number of hydrogen-bond acceptors (Lipinski definition) is 3. The first-order valence-corrected chi connectivity index (χ1v) is 5.64. The maximum Gasteiger partial charge on any atom is 0.269 e. The number of pyridine rings is 1. The van der Waals surface area contributed by atoms with Crippen LogP contribution in [-0.4, -0.2) is 24.0 Å². The summed E-state index contributed by atoms with van der Waals surface area (Å²) in [6.07, 6.45) is 1.82. The van der Waals surface area contributed by atoms with Gasteiger partial charge in [-0.05, 0) is 47.4 Å². The minimum absolute atomic E-state index is 0.145. The van der Waals surface area contributed by atoms with Crippen LogP contribution >= 0.6 is 15.9 Å².